The first-order chi connectivity index (χ1) is 38.7. The van der Waals surface area contributed by atoms with Gasteiger partial charge in [-0.1, -0.05) is 54.6 Å². The molecule has 10 heterocycles. The Hall–Kier alpha value is -6.93. The number of benzene rings is 7. The second kappa shape index (κ2) is 18.3. The Morgan fingerprint density at radius 1 is 0.269 bits per heavy atom. The molecule has 0 spiro atoms. The van der Waals surface area contributed by atoms with E-state index in [1.165, 1.54) is 228 Å². The molecule has 0 aliphatic carbocycles. The van der Waals surface area contributed by atoms with Gasteiger partial charge in [-0.05, 0) is 213 Å². The van der Waals surface area contributed by atoms with Crippen molar-refractivity contribution in [1.82, 2.24) is 0 Å². The van der Waals surface area contributed by atoms with Gasteiger partial charge in [-0.15, -0.1) is 0 Å². The lowest BCUT2D eigenvalue weighted by Crippen LogP contribution is -2.66. The van der Waals surface area contributed by atoms with E-state index in [1.54, 1.807) is 11.1 Å². The SMILES string of the molecule is c1ccc(N2c3cc4c(cc3B3c5ccc(N6CCCCC6)c6c5N(CCC6)c5cc(N6CCCCC6)cc2c53)B2c3ccc(N5CCCCC5)c5c3N(CCC5)c3cc(N5CCCCC5)cc(c32)N4c2ccccc2)cc1. The summed E-state index contributed by atoms with van der Waals surface area (Å²) in [5.41, 5.74) is 31.5. The second-order valence-corrected chi connectivity index (χ2v) is 24.7. The first kappa shape index (κ1) is 46.0. The predicted molar refractivity (Wildman–Crippen MR) is 333 cm³/mol. The third-order valence-electron chi connectivity index (χ3n) is 20.4. The van der Waals surface area contributed by atoms with Crippen LogP contribution in [0.2, 0.25) is 0 Å². The van der Waals surface area contributed by atoms with E-state index in [9.17, 15) is 0 Å². The van der Waals surface area contributed by atoms with E-state index in [0.29, 0.717) is 0 Å². The van der Waals surface area contributed by atoms with Crippen LogP contribution in [0.1, 0.15) is 101 Å². The second-order valence-electron chi connectivity index (χ2n) is 24.7. The van der Waals surface area contributed by atoms with Gasteiger partial charge in [-0.3, -0.25) is 0 Å². The van der Waals surface area contributed by atoms with Crippen LogP contribution in [0.15, 0.2) is 121 Å². The Labute approximate surface area is 463 Å². The van der Waals surface area contributed by atoms with Crippen molar-refractivity contribution in [2.45, 2.75) is 103 Å². The summed E-state index contributed by atoms with van der Waals surface area (Å²) in [6.07, 6.45) is 20.1. The molecule has 10 aliphatic rings. The van der Waals surface area contributed by atoms with Crippen molar-refractivity contribution >= 4 is 126 Å². The minimum atomic E-state index is 0.0761. The summed E-state index contributed by atoms with van der Waals surface area (Å²) in [4.78, 5) is 22.0. The normalized spacial score (nSPS) is 19.7. The maximum absolute atomic E-state index is 2.82. The highest BCUT2D eigenvalue weighted by atomic mass is 15.2. The molecule has 4 fully saturated rings. The van der Waals surface area contributed by atoms with Crippen LogP contribution in [0.25, 0.3) is 0 Å². The lowest BCUT2D eigenvalue weighted by molar-refractivity contribution is 0.575. The van der Waals surface area contributed by atoms with Crippen molar-refractivity contribution in [2.24, 2.45) is 0 Å². The van der Waals surface area contributed by atoms with Gasteiger partial charge in [0.1, 0.15) is 0 Å². The Kier molecular flexibility index (Phi) is 10.8. The zero-order chi connectivity index (χ0) is 51.0. The maximum atomic E-state index is 2.82. The monoisotopic (exact) mass is 1020 g/mol. The number of nitrogens with zero attached hydrogens (tertiary/aromatic N) is 8. The molecule has 0 N–H and O–H groups in total. The summed E-state index contributed by atoms with van der Waals surface area (Å²) < 4.78 is 0. The first-order valence-corrected chi connectivity index (χ1v) is 30.8. The van der Waals surface area contributed by atoms with Gasteiger partial charge in [0.2, 0.25) is 0 Å². The predicted octanol–water partition coefficient (Wildman–Crippen LogP) is 11.0. The smallest absolute Gasteiger partial charge is 0.252 e. The lowest BCUT2D eigenvalue weighted by Gasteiger charge is -2.50. The highest BCUT2D eigenvalue weighted by Crippen LogP contribution is 2.51. The van der Waals surface area contributed by atoms with Gasteiger partial charge in [0.05, 0.1) is 0 Å². The number of hydrogen-bond acceptors (Lipinski definition) is 8. The fourth-order valence-electron chi connectivity index (χ4n) is 17.0. The molecule has 0 atom stereocenters. The van der Waals surface area contributed by atoms with Crippen molar-refractivity contribution in [1.29, 1.82) is 0 Å². The molecule has 0 saturated carbocycles. The van der Waals surface area contributed by atoms with Gasteiger partial charge in [-0.2, -0.15) is 0 Å². The van der Waals surface area contributed by atoms with Crippen molar-refractivity contribution < 1.29 is 0 Å². The van der Waals surface area contributed by atoms with Crippen molar-refractivity contribution in [3.8, 4) is 0 Å². The minimum absolute atomic E-state index is 0.0761. The zero-order valence-corrected chi connectivity index (χ0v) is 45.7. The standard InChI is InChI=1S/C68H72B2N8/c1-7-21-47(22-8-1)77-59-46-60-56(45-55(59)69-53-27-29-57(73-35-15-5-16-36-73)51-25-19-39-75(67(51)53)61-41-49(43-63(77)65(61)69)71-31-11-3-12-32-71)70-54-28-30-58(74-37-17-6-18-38-74)52-26-20-40-76(68(52)54)62-42-50(72-33-13-4-14-34-72)44-64(66(62)70)78(60)48-23-9-2-10-24-48/h1-2,7-10,21-24,27-30,41-46H,3-6,11-20,25-26,31-40H2. The molecule has 10 heteroatoms. The van der Waals surface area contributed by atoms with Crippen LogP contribution in [0, 0.1) is 0 Å². The van der Waals surface area contributed by atoms with E-state index in [0.717, 1.165) is 52.1 Å². The topological polar surface area (TPSA) is 25.9 Å². The number of rotatable bonds is 6. The van der Waals surface area contributed by atoms with E-state index < -0.39 is 0 Å². The fourth-order valence-corrected chi connectivity index (χ4v) is 17.0. The Morgan fingerprint density at radius 2 is 0.654 bits per heavy atom. The molecule has 0 aromatic heterocycles. The summed E-state index contributed by atoms with van der Waals surface area (Å²) >= 11 is 0. The molecule has 0 radical (unpaired) electrons. The molecular formula is C68H72B2N8. The minimum Gasteiger partial charge on any atom is -0.371 e. The largest absolute Gasteiger partial charge is 0.371 e. The van der Waals surface area contributed by atoms with Gasteiger partial charge in [0.15, 0.2) is 0 Å². The summed E-state index contributed by atoms with van der Waals surface area (Å²) in [5.74, 6) is 0. The quantitative estimate of drug-likeness (QED) is 0.152. The van der Waals surface area contributed by atoms with Crippen LogP contribution in [0.5, 0.6) is 0 Å². The summed E-state index contributed by atoms with van der Waals surface area (Å²) in [6, 6.07) is 49.3. The first-order valence-electron chi connectivity index (χ1n) is 30.8. The summed E-state index contributed by atoms with van der Waals surface area (Å²) in [6.45, 7) is 11.4. The van der Waals surface area contributed by atoms with Crippen LogP contribution in [0.4, 0.5) is 79.6 Å². The molecule has 7 aromatic carbocycles. The Bertz CT molecular complexity index is 3290. The van der Waals surface area contributed by atoms with Gasteiger partial charge in [-0.25, -0.2) is 0 Å². The molecule has 4 saturated heterocycles. The van der Waals surface area contributed by atoms with E-state index in [4.69, 9.17) is 0 Å². The number of piperidine rings is 4. The number of anilines is 14. The van der Waals surface area contributed by atoms with Gasteiger partial charge in [0.25, 0.3) is 13.4 Å². The number of hydrogen-bond donors (Lipinski definition) is 0. The lowest BCUT2D eigenvalue weighted by atomic mass is 9.30. The Balaban J connectivity index is 0.966. The van der Waals surface area contributed by atoms with Crippen LogP contribution >= 0.6 is 0 Å². The number of para-hydroxylation sites is 2. The van der Waals surface area contributed by atoms with Crippen molar-refractivity contribution in [3.05, 3.63) is 132 Å². The molecule has 0 amide bonds. The molecule has 7 aromatic rings. The molecule has 0 bridgehead atoms. The fraction of sp³-hybridized carbons (Fsp3) is 0.382. The van der Waals surface area contributed by atoms with E-state index in [-0.39, 0.29) is 13.4 Å². The third-order valence-corrected chi connectivity index (χ3v) is 20.4. The average Bonchev–Trinajstić information content (AvgIpc) is 3.58. The molecule has 390 valence electrons. The molecule has 17 rings (SSSR count). The van der Waals surface area contributed by atoms with Gasteiger partial charge < -0.3 is 39.2 Å². The van der Waals surface area contributed by atoms with Crippen molar-refractivity contribution in [3.63, 3.8) is 0 Å². The van der Waals surface area contributed by atoms with E-state index in [1.807, 2.05) is 0 Å². The maximum Gasteiger partial charge on any atom is 0.252 e. The van der Waals surface area contributed by atoms with Crippen LogP contribution in [0.3, 0.4) is 0 Å². The van der Waals surface area contributed by atoms with Crippen LogP contribution in [-0.2, 0) is 12.8 Å². The van der Waals surface area contributed by atoms with Gasteiger partial charge >= 0.3 is 0 Å². The van der Waals surface area contributed by atoms with Crippen LogP contribution < -0.4 is 72.0 Å². The van der Waals surface area contributed by atoms with E-state index >= 15 is 0 Å². The molecule has 10 aliphatic heterocycles. The third kappa shape index (κ3) is 6.92. The number of fused-ring (bicyclic) bond motifs is 8. The Morgan fingerprint density at radius 3 is 1.06 bits per heavy atom. The highest BCUT2D eigenvalue weighted by molar-refractivity contribution is 7.03. The van der Waals surface area contributed by atoms with E-state index in [2.05, 4.69) is 161 Å². The molecule has 0 unspecified atom stereocenters. The van der Waals surface area contributed by atoms with Crippen LogP contribution in [-0.4, -0.2) is 78.9 Å². The molecule has 78 heavy (non-hydrogen) atoms. The zero-order valence-electron chi connectivity index (χ0n) is 45.7. The molecular weight excluding hydrogens is 950 g/mol. The summed E-state index contributed by atoms with van der Waals surface area (Å²) in [7, 11) is 0. The molecule has 8 nitrogen and oxygen atoms in total. The van der Waals surface area contributed by atoms with Gasteiger partial charge in [0, 0.05) is 145 Å². The van der Waals surface area contributed by atoms with Crippen molar-refractivity contribution in [2.75, 3.05) is 105 Å². The highest BCUT2D eigenvalue weighted by Gasteiger charge is 2.50. The summed E-state index contributed by atoms with van der Waals surface area (Å²) in [5, 5.41) is 0. The average molecular weight is 1020 g/mol.